The van der Waals surface area contributed by atoms with Crippen LogP contribution in [-0.4, -0.2) is 21.2 Å². The van der Waals surface area contributed by atoms with Gasteiger partial charge in [-0.1, -0.05) is 17.7 Å². The minimum absolute atomic E-state index is 0.149. The lowest BCUT2D eigenvalue weighted by Gasteiger charge is -2.03. The lowest BCUT2D eigenvalue weighted by atomic mass is 10.1. The van der Waals surface area contributed by atoms with Crippen molar-refractivity contribution in [1.29, 1.82) is 0 Å². The van der Waals surface area contributed by atoms with Gasteiger partial charge in [-0.2, -0.15) is 0 Å². The second-order valence-electron chi connectivity index (χ2n) is 4.73. The van der Waals surface area contributed by atoms with Gasteiger partial charge in [-0.15, -0.1) is 0 Å². The van der Waals surface area contributed by atoms with Crippen molar-refractivity contribution in [2.24, 2.45) is 4.99 Å². The van der Waals surface area contributed by atoms with E-state index in [9.17, 15) is 15.2 Å². The first kappa shape index (κ1) is 14.9. The number of aliphatic imine (C=N–C) groups is 1. The van der Waals surface area contributed by atoms with Gasteiger partial charge in [0, 0.05) is 34.5 Å². The quantitative estimate of drug-likeness (QED) is 0.442. The third kappa shape index (κ3) is 2.97. The number of nitrogens with zero attached hydrogens (tertiary/aromatic N) is 3. The van der Waals surface area contributed by atoms with Crippen LogP contribution in [0.25, 0.3) is 10.9 Å². The maximum absolute atomic E-state index is 10.9. The summed E-state index contributed by atoms with van der Waals surface area (Å²) in [5.41, 5.74) is 1.13. The Morgan fingerprint density at radius 1 is 1.26 bits per heavy atom. The number of hydrogen-bond donors (Lipinski definition) is 1. The van der Waals surface area contributed by atoms with Crippen molar-refractivity contribution in [3.05, 3.63) is 69.4 Å². The average Bonchev–Trinajstić information content (AvgIpc) is 2.55. The van der Waals surface area contributed by atoms with E-state index in [0.29, 0.717) is 5.69 Å². The molecule has 0 unspecified atom stereocenters. The number of rotatable bonds is 3. The number of halogens is 1. The fraction of sp³-hybridized carbons (Fsp3) is 0. The second kappa shape index (κ2) is 6.02. The minimum atomic E-state index is -0.694. The molecule has 0 aliphatic carbocycles. The standard InChI is InChI=1S/C16H10ClN3O3/c17-11-7-10(16(21)15(8-11)20(22)23)9-19-14-5-1-4-13-12(14)3-2-6-18-13/h1-9,21H. The summed E-state index contributed by atoms with van der Waals surface area (Å²) in [5.74, 6) is -0.471. The van der Waals surface area contributed by atoms with Crippen LogP contribution in [-0.2, 0) is 0 Å². The van der Waals surface area contributed by atoms with Crippen molar-refractivity contribution >= 4 is 40.1 Å². The second-order valence-corrected chi connectivity index (χ2v) is 5.16. The SMILES string of the molecule is O=[N+]([O-])c1cc(Cl)cc(C=Nc2cccc3ncccc23)c1O. The van der Waals surface area contributed by atoms with Crippen LogP contribution in [0.3, 0.4) is 0 Å². The van der Waals surface area contributed by atoms with Gasteiger partial charge in [-0.25, -0.2) is 0 Å². The zero-order valence-electron chi connectivity index (χ0n) is 11.7. The Bertz CT molecular complexity index is 936. The molecule has 0 radical (unpaired) electrons. The van der Waals surface area contributed by atoms with Crippen molar-refractivity contribution in [3.8, 4) is 5.75 Å². The van der Waals surface area contributed by atoms with Crippen molar-refractivity contribution in [3.63, 3.8) is 0 Å². The molecule has 0 amide bonds. The van der Waals surface area contributed by atoms with Crippen LogP contribution in [0.15, 0.2) is 53.7 Å². The Morgan fingerprint density at radius 3 is 2.87 bits per heavy atom. The van der Waals surface area contributed by atoms with E-state index in [2.05, 4.69) is 9.98 Å². The Morgan fingerprint density at radius 2 is 2.09 bits per heavy atom. The van der Waals surface area contributed by atoms with E-state index in [-0.39, 0.29) is 10.6 Å². The Labute approximate surface area is 135 Å². The highest BCUT2D eigenvalue weighted by atomic mass is 35.5. The lowest BCUT2D eigenvalue weighted by molar-refractivity contribution is -0.385. The molecule has 6 nitrogen and oxygen atoms in total. The van der Waals surface area contributed by atoms with Gasteiger partial charge in [-0.3, -0.25) is 20.1 Å². The monoisotopic (exact) mass is 327 g/mol. The molecule has 23 heavy (non-hydrogen) atoms. The van der Waals surface area contributed by atoms with E-state index in [1.807, 2.05) is 18.2 Å². The third-order valence-electron chi connectivity index (χ3n) is 3.25. The maximum atomic E-state index is 10.9. The molecule has 1 heterocycles. The molecule has 0 aliphatic heterocycles. The van der Waals surface area contributed by atoms with Gasteiger partial charge in [0.25, 0.3) is 0 Å². The first-order valence-corrected chi connectivity index (χ1v) is 6.99. The summed E-state index contributed by atoms with van der Waals surface area (Å²) < 4.78 is 0. The Balaban J connectivity index is 2.08. The smallest absolute Gasteiger partial charge is 0.312 e. The lowest BCUT2D eigenvalue weighted by Crippen LogP contribution is -1.92. The van der Waals surface area contributed by atoms with Crippen LogP contribution < -0.4 is 0 Å². The average molecular weight is 328 g/mol. The number of benzene rings is 2. The third-order valence-corrected chi connectivity index (χ3v) is 3.46. The van der Waals surface area contributed by atoms with Crippen molar-refractivity contribution in [2.45, 2.75) is 0 Å². The molecule has 0 atom stereocenters. The largest absolute Gasteiger partial charge is 0.502 e. The predicted molar refractivity (Wildman–Crippen MR) is 88.8 cm³/mol. The molecule has 1 N–H and O–H groups in total. The molecule has 0 saturated carbocycles. The first-order chi connectivity index (χ1) is 11.1. The van der Waals surface area contributed by atoms with Crippen LogP contribution in [0.1, 0.15) is 5.56 Å². The normalized spacial score (nSPS) is 11.2. The van der Waals surface area contributed by atoms with Crippen LogP contribution in [0.4, 0.5) is 11.4 Å². The summed E-state index contributed by atoms with van der Waals surface area (Å²) in [4.78, 5) is 18.7. The zero-order valence-corrected chi connectivity index (χ0v) is 12.4. The number of hydrogen-bond acceptors (Lipinski definition) is 5. The molecule has 0 fully saturated rings. The molecule has 114 valence electrons. The van der Waals surface area contributed by atoms with Gasteiger partial charge in [0.1, 0.15) is 0 Å². The summed E-state index contributed by atoms with van der Waals surface area (Å²) in [7, 11) is 0. The highest BCUT2D eigenvalue weighted by Crippen LogP contribution is 2.33. The molecule has 0 aliphatic rings. The van der Waals surface area contributed by atoms with Gasteiger partial charge in [0.15, 0.2) is 0 Å². The van der Waals surface area contributed by atoms with Crippen molar-refractivity contribution < 1.29 is 10.0 Å². The van der Waals surface area contributed by atoms with Crippen LogP contribution >= 0.6 is 11.6 Å². The number of nitro groups is 1. The summed E-state index contributed by atoms with van der Waals surface area (Å²) in [6.45, 7) is 0. The highest BCUT2D eigenvalue weighted by Gasteiger charge is 2.17. The Hall–Kier alpha value is -2.99. The fourth-order valence-corrected chi connectivity index (χ4v) is 2.40. The fourth-order valence-electron chi connectivity index (χ4n) is 2.18. The zero-order chi connectivity index (χ0) is 16.4. The number of fused-ring (bicyclic) bond motifs is 1. The predicted octanol–water partition coefficient (Wildman–Crippen LogP) is 4.25. The van der Waals surface area contributed by atoms with E-state index >= 15 is 0 Å². The summed E-state index contributed by atoms with van der Waals surface area (Å²) in [5, 5.41) is 21.9. The van der Waals surface area contributed by atoms with E-state index in [1.54, 1.807) is 18.3 Å². The maximum Gasteiger partial charge on any atom is 0.312 e. The van der Waals surface area contributed by atoms with Gasteiger partial charge < -0.3 is 5.11 Å². The highest BCUT2D eigenvalue weighted by molar-refractivity contribution is 6.31. The molecule has 7 heteroatoms. The van der Waals surface area contributed by atoms with E-state index < -0.39 is 16.4 Å². The Kier molecular flexibility index (Phi) is 3.91. The molecular formula is C16H10ClN3O3. The minimum Gasteiger partial charge on any atom is -0.502 e. The van der Waals surface area contributed by atoms with Gasteiger partial charge in [0.05, 0.1) is 16.1 Å². The number of nitro benzene ring substituents is 1. The van der Waals surface area contributed by atoms with E-state index in [4.69, 9.17) is 11.6 Å². The van der Waals surface area contributed by atoms with E-state index in [1.165, 1.54) is 12.3 Å². The number of phenols is 1. The molecule has 0 saturated heterocycles. The summed E-state index contributed by atoms with van der Waals surface area (Å²) in [6, 6.07) is 11.6. The number of phenolic OH excluding ortho intramolecular Hbond substituents is 1. The van der Waals surface area contributed by atoms with Gasteiger partial charge in [0.2, 0.25) is 5.75 Å². The van der Waals surface area contributed by atoms with Crippen LogP contribution in [0.2, 0.25) is 5.02 Å². The summed E-state index contributed by atoms with van der Waals surface area (Å²) in [6.07, 6.45) is 3.03. The van der Waals surface area contributed by atoms with Crippen LogP contribution in [0, 0.1) is 10.1 Å². The number of aromatic hydroxyl groups is 1. The molecule has 3 rings (SSSR count). The topological polar surface area (TPSA) is 88.6 Å². The molecule has 1 aromatic heterocycles. The van der Waals surface area contributed by atoms with Gasteiger partial charge in [-0.05, 0) is 30.3 Å². The van der Waals surface area contributed by atoms with E-state index in [0.717, 1.165) is 17.0 Å². The van der Waals surface area contributed by atoms with Gasteiger partial charge >= 0.3 is 5.69 Å². The van der Waals surface area contributed by atoms with Crippen molar-refractivity contribution in [2.75, 3.05) is 0 Å². The van der Waals surface area contributed by atoms with Crippen molar-refractivity contribution in [1.82, 2.24) is 4.98 Å². The molecular weight excluding hydrogens is 318 g/mol. The molecule has 3 aromatic rings. The number of pyridine rings is 1. The molecule has 2 aromatic carbocycles. The summed E-state index contributed by atoms with van der Waals surface area (Å²) >= 11 is 5.86. The van der Waals surface area contributed by atoms with Crippen LogP contribution in [0.5, 0.6) is 5.75 Å². The molecule has 0 spiro atoms. The molecule has 0 bridgehead atoms. The first-order valence-electron chi connectivity index (χ1n) is 6.61. The number of aromatic nitrogens is 1.